The second-order valence-corrected chi connectivity index (χ2v) is 6.86. The first kappa shape index (κ1) is 13.0. The summed E-state index contributed by atoms with van der Waals surface area (Å²) in [7, 11) is 0. The highest BCUT2D eigenvalue weighted by Gasteiger charge is 2.11. The molecule has 0 saturated carbocycles. The number of benzene rings is 2. The molecular weight excluding hydrogens is 320 g/mol. The molecule has 2 aromatic heterocycles. The van der Waals surface area contributed by atoms with E-state index in [4.69, 9.17) is 16.6 Å². The van der Waals surface area contributed by atoms with Crippen LogP contribution in [0.3, 0.4) is 0 Å². The van der Waals surface area contributed by atoms with Gasteiger partial charge in [0.2, 0.25) is 0 Å². The van der Waals surface area contributed by atoms with Crippen molar-refractivity contribution in [3.8, 4) is 21.3 Å². The Labute approximate surface area is 134 Å². The highest BCUT2D eigenvalue weighted by atomic mass is 35.5. The van der Waals surface area contributed by atoms with Crippen LogP contribution in [0.2, 0.25) is 5.02 Å². The first-order valence-corrected chi connectivity index (χ1v) is 8.44. The molecule has 2 aromatic carbocycles. The van der Waals surface area contributed by atoms with Crippen LogP contribution in [0.15, 0.2) is 53.9 Å². The molecule has 0 radical (unpaired) electrons. The molecule has 0 aliphatic rings. The van der Waals surface area contributed by atoms with Gasteiger partial charge in [0.1, 0.15) is 0 Å². The Bertz CT molecular complexity index is 912. The molecule has 0 bridgehead atoms. The topological polar surface area (TPSA) is 25.8 Å². The lowest BCUT2D eigenvalue weighted by Gasteiger charge is -1.93. The van der Waals surface area contributed by atoms with Crippen LogP contribution < -0.4 is 0 Å². The molecule has 2 heterocycles. The van der Waals surface area contributed by atoms with E-state index in [1.54, 1.807) is 22.7 Å². The summed E-state index contributed by atoms with van der Waals surface area (Å²) in [5, 5.41) is 4.71. The third-order valence-corrected chi connectivity index (χ3v) is 5.35. The zero-order chi connectivity index (χ0) is 14.2. The fourth-order valence-electron chi connectivity index (χ4n) is 2.10. The van der Waals surface area contributed by atoms with Gasteiger partial charge < -0.3 is 0 Å². The number of fused-ring (bicyclic) bond motifs is 1. The molecule has 0 amide bonds. The molecule has 0 fully saturated rings. The van der Waals surface area contributed by atoms with Crippen LogP contribution in [0.25, 0.3) is 31.5 Å². The van der Waals surface area contributed by atoms with Gasteiger partial charge in [-0.15, -0.1) is 22.7 Å². The monoisotopic (exact) mass is 328 g/mol. The molecule has 0 aliphatic carbocycles. The van der Waals surface area contributed by atoms with E-state index in [9.17, 15) is 0 Å². The second kappa shape index (κ2) is 5.22. The van der Waals surface area contributed by atoms with Gasteiger partial charge in [0.05, 0.1) is 15.9 Å². The van der Waals surface area contributed by atoms with Gasteiger partial charge >= 0.3 is 0 Å². The van der Waals surface area contributed by atoms with E-state index < -0.39 is 0 Å². The van der Waals surface area contributed by atoms with Crippen molar-refractivity contribution in [2.75, 3.05) is 0 Å². The highest BCUT2D eigenvalue weighted by molar-refractivity contribution is 7.25. The van der Waals surface area contributed by atoms with Crippen molar-refractivity contribution in [2.45, 2.75) is 0 Å². The van der Waals surface area contributed by atoms with E-state index in [2.05, 4.69) is 22.5 Å². The van der Waals surface area contributed by atoms with Crippen LogP contribution in [-0.2, 0) is 0 Å². The lowest BCUT2D eigenvalue weighted by atomic mass is 10.2. The minimum atomic E-state index is 0.738. The molecule has 4 aromatic rings. The molecule has 0 aliphatic heterocycles. The predicted octanol–water partition coefficient (Wildman–Crippen LogP) is 5.74. The molecule has 0 spiro atoms. The molecule has 0 saturated heterocycles. The summed E-state index contributed by atoms with van der Waals surface area (Å²) in [6.45, 7) is 0. The summed E-state index contributed by atoms with van der Waals surface area (Å²) >= 11 is 9.27. The van der Waals surface area contributed by atoms with E-state index in [1.165, 1.54) is 0 Å². The maximum atomic E-state index is 6.02. The Morgan fingerprint density at radius 2 is 1.76 bits per heavy atom. The molecule has 0 N–H and O–H groups in total. The quantitative estimate of drug-likeness (QED) is 0.469. The summed E-state index contributed by atoms with van der Waals surface area (Å²) in [4.78, 5) is 9.34. The molecule has 102 valence electrons. The van der Waals surface area contributed by atoms with Crippen LogP contribution in [0.4, 0.5) is 0 Å². The Morgan fingerprint density at radius 1 is 0.905 bits per heavy atom. The molecule has 5 heteroatoms. The van der Waals surface area contributed by atoms with Crippen molar-refractivity contribution in [3.63, 3.8) is 0 Å². The molecular formula is C16H9ClN2S2. The van der Waals surface area contributed by atoms with Gasteiger partial charge in [-0.05, 0) is 18.2 Å². The van der Waals surface area contributed by atoms with Crippen molar-refractivity contribution in [1.82, 2.24) is 9.97 Å². The summed E-state index contributed by atoms with van der Waals surface area (Å²) in [5.41, 5.74) is 3.09. The normalized spacial score (nSPS) is 11.1. The first-order valence-electron chi connectivity index (χ1n) is 6.37. The van der Waals surface area contributed by atoms with Gasteiger partial charge in [-0.2, -0.15) is 0 Å². The molecule has 0 atom stereocenters. The largest absolute Gasteiger partial charge is 0.233 e. The number of halogens is 1. The zero-order valence-corrected chi connectivity index (χ0v) is 13.2. The lowest BCUT2D eigenvalue weighted by Crippen LogP contribution is -1.78. The average Bonchev–Trinajstić information content (AvgIpc) is 3.14. The van der Waals surface area contributed by atoms with E-state index >= 15 is 0 Å². The Hall–Kier alpha value is -1.75. The average molecular weight is 329 g/mol. The zero-order valence-electron chi connectivity index (χ0n) is 10.8. The van der Waals surface area contributed by atoms with Gasteiger partial charge in [-0.1, -0.05) is 41.9 Å². The fourth-order valence-corrected chi connectivity index (χ4v) is 4.21. The summed E-state index contributed by atoms with van der Waals surface area (Å²) in [6.07, 6.45) is 0. The first-order chi connectivity index (χ1) is 10.3. The van der Waals surface area contributed by atoms with Crippen LogP contribution in [-0.4, -0.2) is 9.97 Å². The summed E-state index contributed by atoms with van der Waals surface area (Å²) in [5.74, 6) is 0. The van der Waals surface area contributed by atoms with Gasteiger partial charge in [0.25, 0.3) is 0 Å². The van der Waals surface area contributed by atoms with E-state index in [1.807, 2.05) is 36.4 Å². The minimum Gasteiger partial charge on any atom is -0.233 e. The van der Waals surface area contributed by atoms with Crippen LogP contribution >= 0.6 is 34.3 Å². The van der Waals surface area contributed by atoms with Crippen molar-refractivity contribution >= 4 is 44.5 Å². The number of hydrogen-bond donors (Lipinski definition) is 0. The van der Waals surface area contributed by atoms with Crippen molar-refractivity contribution < 1.29 is 0 Å². The van der Waals surface area contributed by atoms with Gasteiger partial charge in [-0.3, -0.25) is 0 Å². The van der Waals surface area contributed by atoms with E-state index in [-0.39, 0.29) is 0 Å². The molecule has 0 unspecified atom stereocenters. The van der Waals surface area contributed by atoms with Crippen LogP contribution in [0.5, 0.6) is 0 Å². The van der Waals surface area contributed by atoms with Gasteiger partial charge in [0, 0.05) is 16.0 Å². The second-order valence-electron chi connectivity index (χ2n) is 4.53. The maximum absolute atomic E-state index is 6.02. The van der Waals surface area contributed by atoms with Crippen molar-refractivity contribution in [2.24, 2.45) is 0 Å². The fraction of sp³-hybridized carbons (Fsp3) is 0. The predicted molar refractivity (Wildman–Crippen MR) is 91.2 cm³/mol. The molecule has 4 rings (SSSR count). The number of hydrogen-bond acceptors (Lipinski definition) is 4. The minimum absolute atomic E-state index is 0.738. The summed E-state index contributed by atoms with van der Waals surface area (Å²) in [6, 6.07) is 15.9. The third-order valence-electron chi connectivity index (χ3n) is 3.11. The van der Waals surface area contributed by atoms with E-state index in [0.29, 0.717) is 0 Å². The number of aromatic nitrogens is 2. The van der Waals surface area contributed by atoms with Crippen molar-refractivity contribution in [1.29, 1.82) is 0 Å². The number of rotatable bonds is 2. The number of thiazole rings is 2. The van der Waals surface area contributed by atoms with Crippen LogP contribution in [0, 0.1) is 0 Å². The standard InChI is InChI=1S/C16H9ClN2S2/c17-11-6-7-12-14(8-11)21-16(18-12)15-19-13(9-20-15)10-4-2-1-3-5-10/h1-9H. The third kappa shape index (κ3) is 2.46. The Kier molecular flexibility index (Phi) is 3.22. The SMILES string of the molecule is Clc1ccc2nc(-c3nc(-c4ccccc4)cs3)sc2c1. The molecule has 2 nitrogen and oxygen atoms in total. The summed E-state index contributed by atoms with van der Waals surface area (Å²) < 4.78 is 1.09. The van der Waals surface area contributed by atoms with Crippen molar-refractivity contribution in [3.05, 3.63) is 58.9 Å². The smallest absolute Gasteiger partial charge is 0.153 e. The Morgan fingerprint density at radius 3 is 2.62 bits per heavy atom. The molecule has 21 heavy (non-hydrogen) atoms. The van der Waals surface area contributed by atoms with Gasteiger partial charge in [-0.25, -0.2) is 9.97 Å². The van der Waals surface area contributed by atoms with E-state index in [0.717, 1.165) is 36.5 Å². The Balaban J connectivity index is 1.77. The highest BCUT2D eigenvalue weighted by Crippen LogP contribution is 2.35. The van der Waals surface area contributed by atoms with Crippen LogP contribution in [0.1, 0.15) is 0 Å². The lowest BCUT2D eigenvalue weighted by molar-refractivity contribution is 1.37. The number of nitrogens with zero attached hydrogens (tertiary/aromatic N) is 2. The van der Waals surface area contributed by atoms with Gasteiger partial charge in [0.15, 0.2) is 10.0 Å². The maximum Gasteiger partial charge on any atom is 0.153 e.